The number of aromatic nitrogens is 2. The van der Waals surface area contributed by atoms with Crippen molar-refractivity contribution in [3.63, 3.8) is 0 Å². The highest BCUT2D eigenvalue weighted by Crippen LogP contribution is 2.25. The quantitative estimate of drug-likeness (QED) is 0.174. The third kappa shape index (κ3) is 12.4. The number of nitrogens with two attached hydrogens (primary N) is 2. The van der Waals surface area contributed by atoms with Gasteiger partial charge in [0.1, 0.15) is 11.5 Å². The number of benzene rings is 2. The fourth-order valence-corrected chi connectivity index (χ4v) is 6.24. The molecule has 0 spiro atoms. The lowest BCUT2D eigenvalue weighted by Gasteiger charge is -2.45. The first-order valence-electron chi connectivity index (χ1n) is 16.9. The van der Waals surface area contributed by atoms with E-state index in [1.165, 1.54) is 20.9 Å². The smallest absolute Gasteiger partial charge is 0.274 e. The van der Waals surface area contributed by atoms with Crippen molar-refractivity contribution in [2.45, 2.75) is 44.6 Å². The normalized spacial score (nSPS) is 14.9. The predicted octanol–water partition coefficient (Wildman–Crippen LogP) is 0.207. The highest BCUT2D eigenvalue weighted by atomic mass is 35.5. The molecule has 51 heavy (non-hydrogen) atoms. The zero-order chi connectivity index (χ0) is 36.3. The molecule has 2 heterocycles. The van der Waals surface area contributed by atoms with E-state index in [1.54, 1.807) is 28.2 Å². The van der Waals surface area contributed by atoms with E-state index in [1.807, 2.05) is 48.5 Å². The number of likely N-dealkylation sites (tertiary alicyclic amines) is 1. The van der Waals surface area contributed by atoms with Crippen LogP contribution in [-0.2, 0) is 22.4 Å². The van der Waals surface area contributed by atoms with Gasteiger partial charge in [-0.3, -0.25) is 14.4 Å². The highest BCUT2D eigenvalue weighted by molar-refractivity contribution is 6.31. The van der Waals surface area contributed by atoms with Crippen LogP contribution >= 0.6 is 11.6 Å². The van der Waals surface area contributed by atoms with Crippen LogP contribution in [0.4, 0.5) is 11.6 Å². The predicted molar refractivity (Wildman–Crippen MR) is 194 cm³/mol. The van der Waals surface area contributed by atoms with Gasteiger partial charge in [0.2, 0.25) is 0 Å². The number of aryl methyl sites for hydroxylation is 2. The molecule has 1 saturated heterocycles. The molecule has 278 valence electrons. The van der Waals surface area contributed by atoms with Crippen LogP contribution < -0.4 is 38.7 Å². The number of piperidine rings is 1. The molecule has 1 aliphatic rings. The Labute approximate surface area is 311 Å². The molecule has 1 atom stereocenters. The van der Waals surface area contributed by atoms with Gasteiger partial charge in [-0.1, -0.05) is 35.9 Å². The van der Waals surface area contributed by atoms with Gasteiger partial charge < -0.3 is 52.9 Å². The number of quaternary nitrogens is 1. The molecule has 0 saturated carbocycles. The molecule has 0 bridgehead atoms. The molecule has 3 aromatic rings. The maximum Gasteiger partial charge on any atom is 0.274 e. The van der Waals surface area contributed by atoms with Crippen molar-refractivity contribution < 1.29 is 40.7 Å². The van der Waals surface area contributed by atoms with Gasteiger partial charge >= 0.3 is 0 Å². The molecule has 1 fully saturated rings. The maximum atomic E-state index is 13.2. The van der Waals surface area contributed by atoms with Crippen molar-refractivity contribution in [3.8, 4) is 11.5 Å². The van der Waals surface area contributed by atoms with Gasteiger partial charge in [0.15, 0.2) is 35.7 Å². The molecule has 1 aliphatic heterocycles. The Kier molecular flexibility index (Phi) is 15.6. The summed E-state index contributed by atoms with van der Waals surface area (Å²) in [6, 6.07) is 15.7. The van der Waals surface area contributed by atoms with E-state index in [2.05, 4.69) is 15.3 Å². The number of rotatable bonds is 16. The molecule has 5 N–H and O–H groups in total. The Bertz CT molecular complexity index is 1530. The molecular weight excluding hydrogens is 695 g/mol. The fourth-order valence-electron chi connectivity index (χ4n) is 6.11. The zero-order valence-electron chi connectivity index (χ0n) is 29.9. The van der Waals surface area contributed by atoms with Crippen LogP contribution in [0, 0.1) is 0 Å². The second-order valence-electron chi connectivity index (χ2n) is 13.3. The van der Waals surface area contributed by atoms with E-state index in [-0.39, 0.29) is 66.0 Å². The van der Waals surface area contributed by atoms with Crippen molar-refractivity contribution in [2.75, 3.05) is 79.1 Å². The van der Waals surface area contributed by atoms with Crippen LogP contribution in [0.5, 0.6) is 11.5 Å². The number of nitrogens with one attached hydrogen (secondary N) is 1. The summed E-state index contributed by atoms with van der Waals surface area (Å²) >= 11 is 6.05. The summed E-state index contributed by atoms with van der Waals surface area (Å²) in [6.45, 7) is 3.70. The lowest BCUT2D eigenvalue weighted by atomic mass is 9.99. The number of nitrogen functional groups attached to an aromatic ring is 2. The number of hydrogen-bond acceptors (Lipinski definition) is 9. The molecule has 3 amide bonds. The summed E-state index contributed by atoms with van der Waals surface area (Å²) in [5.74, 6) is 0.665. The number of ether oxygens (including phenoxy) is 2. The van der Waals surface area contributed by atoms with E-state index in [0.717, 1.165) is 69.2 Å². The number of halogens is 2. The lowest BCUT2D eigenvalue weighted by molar-refractivity contribution is -0.933. The molecule has 0 radical (unpaired) electrons. The summed E-state index contributed by atoms with van der Waals surface area (Å²) in [6.07, 6.45) is 5.51. The zero-order valence-corrected chi connectivity index (χ0v) is 31.4. The van der Waals surface area contributed by atoms with Crippen LogP contribution in [0.3, 0.4) is 0 Å². The molecule has 15 heteroatoms. The number of likely N-dealkylation sites (N-methyl/N-ethyl adjacent to an activating group) is 2. The molecule has 4 rings (SSSR count). The number of nitrogens with zero attached hydrogens (tertiary/aromatic N) is 5. The summed E-state index contributed by atoms with van der Waals surface area (Å²) in [5, 5.41) is 3.09. The van der Waals surface area contributed by atoms with Crippen LogP contribution in [0.15, 0.2) is 48.5 Å². The van der Waals surface area contributed by atoms with Gasteiger partial charge in [0.25, 0.3) is 17.7 Å². The van der Waals surface area contributed by atoms with E-state index < -0.39 is 5.91 Å². The second-order valence-corrected chi connectivity index (χ2v) is 13.6. The van der Waals surface area contributed by atoms with Crippen molar-refractivity contribution in [3.05, 3.63) is 70.5 Å². The first-order chi connectivity index (χ1) is 23.8. The van der Waals surface area contributed by atoms with Crippen LogP contribution in [-0.4, -0.2) is 116 Å². The largest absolute Gasteiger partial charge is 1.00 e. The Morgan fingerprint density at radius 3 is 1.78 bits per heavy atom. The van der Waals surface area contributed by atoms with Crippen LogP contribution in [0.2, 0.25) is 5.15 Å². The summed E-state index contributed by atoms with van der Waals surface area (Å²) in [7, 11) is 6.81. The standard InChI is InChI=1S/C36H49ClN8O5.ClH/c1-43(2)30(46)23-49-28-15-11-25(12-16-28)8-5-19-45(20-6-9-26-13-17-29(18-14-26)50-24-31(47)44(3)4)21-7-10-27(22-45)40-36(48)32-34(38)42-35(39)33(37)41-32;/h11-18,27H,5-10,19-24H2,1-4H3,(H4-,38,39,40,42,48);1H. The molecule has 2 aromatic carbocycles. The number of carbonyl (C=O) groups is 3. The van der Waals surface area contributed by atoms with Crippen LogP contribution in [0.25, 0.3) is 0 Å². The van der Waals surface area contributed by atoms with Crippen molar-refractivity contribution in [1.82, 2.24) is 25.1 Å². The Morgan fingerprint density at radius 2 is 1.31 bits per heavy atom. The molecule has 1 aromatic heterocycles. The molecule has 13 nitrogen and oxygen atoms in total. The molecular formula is C36H50Cl2N8O5. The summed E-state index contributed by atoms with van der Waals surface area (Å²) < 4.78 is 12.1. The van der Waals surface area contributed by atoms with Gasteiger partial charge in [-0.05, 0) is 61.1 Å². The number of amides is 3. The lowest BCUT2D eigenvalue weighted by Crippen LogP contribution is -3.00. The summed E-state index contributed by atoms with van der Waals surface area (Å²) in [4.78, 5) is 48.0. The van der Waals surface area contributed by atoms with E-state index in [0.29, 0.717) is 11.5 Å². The molecule has 0 aliphatic carbocycles. The average molecular weight is 746 g/mol. The first-order valence-corrected chi connectivity index (χ1v) is 17.3. The maximum absolute atomic E-state index is 13.2. The van der Waals surface area contributed by atoms with Gasteiger partial charge in [-0.2, -0.15) is 0 Å². The van der Waals surface area contributed by atoms with E-state index in [9.17, 15) is 14.4 Å². The fraction of sp³-hybridized carbons (Fsp3) is 0.472. The van der Waals surface area contributed by atoms with Crippen molar-refractivity contribution >= 4 is 41.0 Å². The van der Waals surface area contributed by atoms with E-state index >= 15 is 0 Å². The monoisotopic (exact) mass is 744 g/mol. The summed E-state index contributed by atoms with van der Waals surface area (Å²) in [5.41, 5.74) is 14.0. The van der Waals surface area contributed by atoms with E-state index in [4.69, 9.17) is 32.5 Å². The van der Waals surface area contributed by atoms with Gasteiger partial charge in [0, 0.05) is 41.0 Å². The van der Waals surface area contributed by atoms with Gasteiger partial charge in [0.05, 0.1) is 32.2 Å². The highest BCUT2D eigenvalue weighted by Gasteiger charge is 2.35. The molecule has 1 unspecified atom stereocenters. The third-order valence-electron chi connectivity index (χ3n) is 9.01. The average Bonchev–Trinajstić information content (AvgIpc) is 3.08. The number of anilines is 2. The SMILES string of the molecule is CN(C)C(=O)COc1ccc(CCC[N+]2(CCCc3ccc(OCC(=O)N(C)C)cc3)CCCC(NC(=O)c3nc(Cl)c(N)nc3N)C2)cc1.[Cl-]. The Balaban J connectivity index is 0.00000702. The Hall–Kier alpha value is -4.33. The Morgan fingerprint density at radius 1 is 0.824 bits per heavy atom. The number of hydrogen-bond donors (Lipinski definition) is 3. The van der Waals surface area contributed by atoms with Gasteiger partial charge in [-0.15, -0.1) is 0 Å². The van der Waals surface area contributed by atoms with Crippen molar-refractivity contribution in [2.24, 2.45) is 0 Å². The topological polar surface area (TPSA) is 166 Å². The minimum absolute atomic E-state index is 0. The van der Waals surface area contributed by atoms with Gasteiger partial charge in [-0.25, -0.2) is 9.97 Å². The minimum Gasteiger partial charge on any atom is -1.00 e. The number of carbonyl (C=O) groups excluding carboxylic acids is 3. The van der Waals surface area contributed by atoms with Crippen LogP contribution in [0.1, 0.15) is 47.3 Å². The first kappa shape index (κ1) is 41.1. The second kappa shape index (κ2) is 19.3. The third-order valence-corrected chi connectivity index (χ3v) is 9.29. The van der Waals surface area contributed by atoms with Crippen molar-refractivity contribution in [1.29, 1.82) is 0 Å². The minimum atomic E-state index is -0.411.